The Labute approximate surface area is 571 Å². The van der Waals surface area contributed by atoms with Gasteiger partial charge < -0.3 is 81.6 Å². The number of carbonyl (C=O) groups is 10. The van der Waals surface area contributed by atoms with E-state index in [1.165, 1.54) is 0 Å². The van der Waals surface area contributed by atoms with Gasteiger partial charge in [-0.1, -0.05) is 155 Å². The summed E-state index contributed by atoms with van der Waals surface area (Å²) < 4.78 is 0. The molecule has 0 aliphatic heterocycles. The van der Waals surface area contributed by atoms with Crippen LogP contribution in [0.3, 0.4) is 0 Å². The van der Waals surface area contributed by atoms with E-state index in [-0.39, 0.29) is 82.7 Å². The van der Waals surface area contributed by atoms with Crippen molar-refractivity contribution in [3.05, 3.63) is 144 Å². The minimum absolute atomic E-state index is 0.0334. The fourth-order valence-corrected chi connectivity index (χ4v) is 11.0. The highest BCUT2D eigenvalue weighted by Gasteiger charge is 2.37. The highest BCUT2D eigenvalue weighted by atomic mass is 16.4. The molecule has 0 spiro atoms. The third-order valence-corrected chi connectivity index (χ3v) is 16.4. The first-order valence-corrected chi connectivity index (χ1v) is 34.2. The molecule has 25 heteroatoms. The number of nitrogens with one attached hydrogen (secondary N) is 9. The Morgan fingerprint density at radius 1 is 0.299 bits per heavy atom. The maximum absolute atomic E-state index is 15.1. The minimum Gasteiger partial charge on any atom is -0.480 e. The molecule has 97 heavy (non-hydrogen) atoms. The molecule has 10 atom stereocenters. The molecule has 532 valence electrons. The second kappa shape index (κ2) is 45.0. The van der Waals surface area contributed by atoms with Crippen LogP contribution in [0.5, 0.6) is 0 Å². The van der Waals surface area contributed by atoms with E-state index in [0.717, 1.165) is 0 Å². The molecule has 0 aliphatic carbocycles. The smallest absolute Gasteiger partial charge is 0.326 e. The minimum atomic E-state index is -1.39. The first-order valence-electron chi connectivity index (χ1n) is 34.2. The zero-order valence-corrected chi connectivity index (χ0v) is 56.9. The number of aliphatic carboxylic acids is 1. The molecular weight excluding hydrogens is 1240 g/mol. The van der Waals surface area contributed by atoms with Gasteiger partial charge in [0.25, 0.3) is 0 Å². The van der Waals surface area contributed by atoms with Gasteiger partial charge in [0.05, 0.1) is 6.04 Å². The van der Waals surface area contributed by atoms with E-state index in [9.17, 15) is 43.5 Å². The van der Waals surface area contributed by atoms with Crippen molar-refractivity contribution < 1.29 is 53.1 Å². The molecular formula is C72H108N14O11. The van der Waals surface area contributed by atoms with E-state index in [0.29, 0.717) is 93.1 Å². The van der Waals surface area contributed by atoms with Crippen LogP contribution in [0.25, 0.3) is 0 Å². The highest BCUT2D eigenvalue weighted by molar-refractivity contribution is 5.99. The fourth-order valence-electron chi connectivity index (χ4n) is 11.0. The third kappa shape index (κ3) is 31.0. The summed E-state index contributed by atoms with van der Waals surface area (Å²) in [6.45, 7) is 8.82. The van der Waals surface area contributed by atoms with E-state index < -0.39 is 120 Å². The molecule has 0 heterocycles. The van der Waals surface area contributed by atoms with Gasteiger partial charge >= 0.3 is 5.97 Å². The van der Waals surface area contributed by atoms with Gasteiger partial charge in [-0.05, 0) is 144 Å². The normalized spacial score (nSPS) is 14.3. The number of carbonyl (C=O) groups excluding carboxylic acids is 9. The lowest BCUT2D eigenvalue weighted by atomic mass is 9.98. The van der Waals surface area contributed by atoms with Crippen molar-refractivity contribution in [1.82, 2.24) is 47.9 Å². The molecule has 4 aromatic carbocycles. The van der Waals surface area contributed by atoms with Crippen LogP contribution < -0.4 is 76.5 Å². The van der Waals surface area contributed by atoms with E-state index in [1.807, 2.05) is 27.7 Å². The zero-order valence-electron chi connectivity index (χ0n) is 56.9. The number of hydrogen-bond acceptors (Lipinski definition) is 15. The van der Waals surface area contributed by atoms with Crippen LogP contribution >= 0.6 is 0 Å². The number of rotatable bonds is 47. The van der Waals surface area contributed by atoms with Crippen molar-refractivity contribution in [2.75, 3.05) is 26.2 Å². The quantitative estimate of drug-likeness (QED) is 0.0282. The molecule has 25 nitrogen and oxygen atoms in total. The van der Waals surface area contributed by atoms with E-state index in [1.54, 1.807) is 121 Å². The summed E-state index contributed by atoms with van der Waals surface area (Å²) in [5.41, 5.74) is 31.9. The van der Waals surface area contributed by atoms with Crippen LogP contribution in [-0.4, -0.2) is 151 Å². The second-order valence-electron chi connectivity index (χ2n) is 25.7. The van der Waals surface area contributed by atoms with Crippen molar-refractivity contribution in [3.63, 3.8) is 0 Å². The van der Waals surface area contributed by atoms with Gasteiger partial charge in [-0.3, -0.25) is 43.2 Å². The predicted octanol–water partition coefficient (Wildman–Crippen LogP) is 2.34. The molecule has 0 unspecified atom stereocenters. The lowest BCUT2D eigenvalue weighted by Gasteiger charge is -2.29. The summed E-state index contributed by atoms with van der Waals surface area (Å²) in [5, 5.41) is 35.4. The summed E-state index contributed by atoms with van der Waals surface area (Å²) in [7, 11) is 0. The zero-order chi connectivity index (χ0) is 71.1. The Balaban J connectivity index is 1.69. The van der Waals surface area contributed by atoms with Crippen molar-refractivity contribution in [2.24, 2.45) is 40.5 Å². The number of carboxylic acid groups (broad SMARTS) is 1. The van der Waals surface area contributed by atoms with Gasteiger partial charge in [-0.15, -0.1) is 0 Å². The van der Waals surface area contributed by atoms with Crippen LogP contribution in [-0.2, 0) is 73.6 Å². The van der Waals surface area contributed by atoms with Gasteiger partial charge in [0.2, 0.25) is 53.2 Å². The summed E-state index contributed by atoms with van der Waals surface area (Å²) >= 11 is 0. The first-order chi connectivity index (χ1) is 46.5. The third-order valence-electron chi connectivity index (χ3n) is 16.4. The van der Waals surface area contributed by atoms with Crippen LogP contribution in [0.1, 0.15) is 140 Å². The van der Waals surface area contributed by atoms with Gasteiger partial charge in [0, 0.05) is 25.7 Å². The second-order valence-corrected chi connectivity index (χ2v) is 25.7. The first kappa shape index (κ1) is 80.8. The fraction of sp³-hybridized carbons (Fsp3) is 0.528. The largest absolute Gasteiger partial charge is 0.480 e. The monoisotopic (exact) mass is 1340 g/mol. The highest BCUT2D eigenvalue weighted by Crippen LogP contribution is 2.16. The molecule has 0 aromatic heterocycles. The number of amides is 9. The summed E-state index contributed by atoms with van der Waals surface area (Å²) in [5.74, 6) is -7.86. The number of benzene rings is 4. The SMILES string of the molecule is CC(C)C[C@H](NC(=O)[C@H](CC(C)C)NC(=O)[C@@H](N)CCCCN)C(=O)N[C@@H](CCCCN)C(=O)N[C@@H](Cc1ccccc1)C(=O)N[C@@H](Cc1ccccc1)C(=O)N[C@@H](CCCCN)C(=O)N[C@@H](Cc1ccccc1)C(=O)N[C@@H](Cc1ccccc1)C(=O)N[C@@H](CCCCN)C(=O)O. The Morgan fingerprint density at radius 2 is 0.515 bits per heavy atom. The maximum atomic E-state index is 15.1. The summed E-state index contributed by atoms with van der Waals surface area (Å²) in [4.78, 5) is 143. The molecule has 4 aromatic rings. The topological polar surface area (TPSA) is 429 Å². The molecule has 4 rings (SSSR count). The van der Waals surface area contributed by atoms with E-state index in [2.05, 4.69) is 47.9 Å². The van der Waals surface area contributed by atoms with Crippen LogP contribution in [0.15, 0.2) is 121 Å². The molecule has 0 saturated carbocycles. The molecule has 9 amide bonds. The molecule has 0 aliphatic rings. The predicted molar refractivity (Wildman–Crippen MR) is 374 cm³/mol. The average molecular weight is 1350 g/mol. The van der Waals surface area contributed by atoms with Gasteiger partial charge in [-0.2, -0.15) is 0 Å². The van der Waals surface area contributed by atoms with Crippen molar-refractivity contribution >= 4 is 59.1 Å². The molecule has 0 saturated heterocycles. The Kier molecular flexibility index (Phi) is 37.5. The van der Waals surface area contributed by atoms with Crippen LogP contribution in [0.2, 0.25) is 0 Å². The Hall–Kier alpha value is -8.62. The summed E-state index contributed by atoms with van der Waals surface area (Å²) in [6.07, 6.45) is 4.60. The lowest BCUT2D eigenvalue weighted by Crippen LogP contribution is -2.61. The van der Waals surface area contributed by atoms with Gasteiger partial charge in [0.15, 0.2) is 0 Å². The van der Waals surface area contributed by atoms with Crippen molar-refractivity contribution in [1.29, 1.82) is 0 Å². The van der Waals surface area contributed by atoms with Gasteiger partial charge in [0.1, 0.15) is 54.4 Å². The van der Waals surface area contributed by atoms with Crippen LogP contribution in [0.4, 0.5) is 0 Å². The summed E-state index contributed by atoms with van der Waals surface area (Å²) in [6, 6.07) is 22.9. The average Bonchev–Trinajstić information content (AvgIpc) is 0.997. The van der Waals surface area contributed by atoms with Gasteiger partial charge in [-0.25, -0.2) is 4.79 Å². The van der Waals surface area contributed by atoms with E-state index >= 15 is 9.59 Å². The molecule has 0 bridgehead atoms. The van der Waals surface area contributed by atoms with Crippen molar-refractivity contribution in [2.45, 2.75) is 204 Å². The number of hydrogen-bond donors (Lipinski definition) is 15. The molecule has 0 radical (unpaired) electrons. The molecule has 0 fully saturated rings. The molecule has 20 N–H and O–H groups in total. The maximum Gasteiger partial charge on any atom is 0.326 e. The standard InChI is InChI=1S/C72H108N14O11/c1-47(2)41-57(81-63(87)53(77)33-17-21-37-73)67(91)82-58(42-48(3)4)66(90)78-54(34-18-22-38-74)64(88)83-61(45-51-29-13-7-14-30-51)70(94)85-59(43-49-25-9-5-10-26-49)68(92)79-55(35-19-23-39-75)65(89)84-62(46-52-31-15-8-16-32-52)71(95)86-60(44-50-27-11-6-12-28-50)69(93)80-56(72(96)97)36-20-24-40-76/h5-16,25-32,47-48,53-62H,17-24,33-46,73-77H2,1-4H3,(H,78,90)(H,79,92)(H,80,93)(H,81,87)(H,82,91)(H,83,88)(H,84,89)(H,85,94)(H,86,95)(H,96,97)/t53-,54-,55-,56-,57-,58-,59-,60-,61-,62-/m0/s1. The number of carboxylic acids is 1. The van der Waals surface area contributed by atoms with Crippen LogP contribution in [0, 0.1) is 11.8 Å². The number of unbranched alkanes of at least 4 members (excludes halogenated alkanes) is 4. The Bertz CT molecular complexity index is 3040. The van der Waals surface area contributed by atoms with E-state index in [4.69, 9.17) is 28.7 Å². The number of nitrogens with two attached hydrogens (primary N) is 5. The lowest BCUT2D eigenvalue weighted by molar-refractivity contribution is -0.142. The Morgan fingerprint density at radius 3 is 0.784 bits per heavy atom. The van der Waals surface area contributed by atoms with Crippen molar-refractivity contribution in [3.8, 4) is 0 Å².